The predicted molar refractivity (Wildman–Crippen MR) is 106 cm³/mol. The summed E-state index contributed by atoms with van der Waals surface area (Å²) in [5.74, 6) is 0.204. The number of aromatic nitrogens is 2. The van der Waals surface area contributed by atoms with Crippen molar-refractivity contribution < 1.29 is 9.18 Å². The number of amidine groups is 1. The Hall–Kier alpha value is -2.79. The van der Waals surface area contributed by atoms with Crippen LogP contribution in [-0.4, -0.2) is 26.7 Å². The molecule has 0 spiro atoms. The van der Waals surface area contributed by atoms with E-state index in [4.69, 9.17) is 11.0 Å². The number of benzene rings is 1. The van der Waals surface area contributed by atoms with Crippen LogP contribution in [0.5, 0.6) is 0 Å². The fourth-order valence-corrected chi connectivity index (χ4v) is 4.04. The van der Waals surface area contributed by atoms with Crippen LogP contribution in [0.4, 0.5) is 4.39 Å². The van der Waals surface area contributed by atoms with Crippen molar-refractivity contribution in [2.24, 2.45) is 10.7 Å². The smallest absolute Gasteiger partial charge is 0.187 e. The first-order valence-corrected chi connectivity index (χ1v) is 9.88. The first kappa shape index (κ1) is 20.0. The van der Waals surface area contributed by atoms with E-state index < -0.39 is 5.54 Å². The minimum absolute atomic E-state index is 0.0868. The zero-order valence-electron chi connectivity index (χ0n) is 15.5. The molecule has 2 aromatic rings. The average molecular weight is 397 g/mol. The number of thioether (sulfide) groups is 1. The molecule has 0 saturated heterocycles. The molecule has 8 heteroatoms. The summed E-state index contributed by atoms with van der Waals surface area (Å²) in [6, 6.07) is 6.70. The Balaban J connectivity index is 1.79. The standard InChI is InChI=1S/C20H20FN5OS/c1-20(6-8-28-19(23)26-20)15-9-13(4-5-16(15)21)10-18(27)17-12-24-14(11-25-17)3-2-7-22/h4-5,9,11-12H,2-3,6,8,10H2,1H3,(H2,23,26)/t20-/m0/s1. The van der Waals surface area contributed by atoms with Crippen LogP contribution in [0.25, 0.3) is 0 Å². The molecule has 0 unspecified atom stereocenters. The highest BCUT2D eigenvalue weighted by molar-refractivity contribution is 8.13. The molecular formula is C20H20FN5OS. The number of rotatable bonds is 6. The Kier molecular flexibility index (Phi) is 6.05. The van der Waals surface area contributed by atoms with Gasteiger partial charge in [-0.2, -0.15) is 5.26 Å². The highest BCUT2D eigenvalue weighted by Crippen LogP contribution is 2.36. The van der Waals surface area contributed by atoms with E-state index in [1.165, 1.54) is 30.2 Å². The lowest BCUT2D eigenvalue weighted by Gasteiger charge is -2.30. The summed E-state index contributed by atoms with van der Waals surface area (Å²) in [6.07, 6.45) is 4.54. The third kappa shape index (κ3) is 4.54. The number of carbonyl (C=O) groups excluding carboxylic acids is 1. The van der Waals surface area contributed by atoms with Crippen molar-refractivity contribution in [1.29, 1.82) is 5.26 Å². The van der Waals surface area contributed by atoms with Crippen LogP contribution in [0.3, 0.4) is 0 Å². The zero-order chi connectivity index (χ0) is 20.1. The molecule has 2 N–H and O–H groups in total. The van der Waals surface area contributed by atoms with Crippen LogP contribution in [0.15, 0.2) is 35.6 Å². The molecule has 3 rings (SSSR count). The summed E-state index contributed by atoms with van der Waals surface area (Å²) in [7, 11) is 0. The maximum Gasteiger partial charge on any atom is 0.187 e. The first-order valence-electron chi connectivity index (χ1n) is 8.89. The Morgan fingerprint density at radius 1 is 1.39 bits per heavy atom. The summed E-state index contributed by atoms with van der Waals surface area (Å²) >= 11 is 1.46. The van der Waals surface area contributed by atoms with Gasteiger partial charge in [0, 0.05) is 36.8 Å². The van der Waals surface area contributed by atoms with E-state index in [1.807, 2.05) is 13.0 Å². The van der Waals surface area contributed by atoms with Gasteiger partial charge in [-0.3, -0.25) is 14.8 Å². The van der Waals surface area contributed by atoms with Crippen LogP contribution in [0, 0.1) is 17.1 Å². The lowest BCUT2D eigenvalue weighted by molar-refractivity contribution is 0.0987. The lowest BCUT2D eigenvalue weighted by atomic mass is 9.87. The molecule has 0 aliphatic carbocycles. The van der Waals surface area contributed by atoms with Crippen molar-refractivity contribution in [3.05, 3.63) is 58.9 Å². The van der Waals surface area contributed by atoms with Crippen LogP contribution in [0.1, 0.15) is 47.1 Å². The molecule has 1 aliphatic heterocycles. The number of nitrogens with two attached hydrogens (primary N) is 1. The molecule has 0 amide bonds. The topological polar surface area (TPSA) is 105 Å². The third-order valence-corrected chi connectivity index (χ3v) is 5.45. The normalized spacial score (nSPS) is 19.0. The number of aliphatic imine (C=N–C) groups is 1. The van der Waals surface area contributed by atoms with Crippen molar-refractivity contribution in [3.63, 3.8) is 0 Å². The fourth-order valence-electron chi connectivity index (χ4n) is 3.06. The van der Waals surface area contributed by atoms with Crippen LogP contribution < -0.4 is 5.73 Å². The number of ketones is 1. The summed E-state index contributed by atoms with van der Waals surface area (Å²) in [4.78, 5) is 25.3. The summed E-state index contributed by atoms with van der Waals surface area (Å²) in [6.45, 7) is 1.86. The van der Waals surface area contributed by atoms with Gasteiger partial charge in [-0.05, 0) is 31.0 Å². The SMILES string of the molecule is C[C@@]1(c2cc(CC(=O)c3cnc(CCC#N)cn3)ccc2F)CCSC(N)=N1. The molecule has 0 saturated carbocycles. The Morgan fingerprint density at radius 2 is 2.21 bits per heavy atom. The molecule has 1 aromatic carbocycles. The first-order chi connectivity index (χ1) is 13.4. The zero-order valence-corrected chi connectivity index (χ0v) is 16.3. The number of hydrogen-bond acceptors (Lipinski definition) is 7. The largest absolute Gasteiger partial charge is 0.379 e. The third-order valence-electron chi connectivity index (χ3n) is 4.66. The van der Waals surface area contributed by atoms with Crippen LogP contribution >= 0.6 is 11.8 Å². The van der Waals surface area contributed by atoms with E-state index in [0.717, 1.165) is 5.75 Å². The van der Waals surface area contributed by atoms with Crippen molar-refractivity contribution in [2.45, 2.75) is 38.1 Å². The van der Waals surface area contributed by atoms with Gasteiger partial charge < -0.3 is 5.73 Å². The Morgan fingerprint density at radius 3 is 2.89 bits per heavy atom. The summed E-state index contributed by atoms with van der Waals surface area (Å²) in [5, 5.41) is 9.05. The second kappa shape index (κ2) is 8.48. The molecule has 1 atom stereocenters. The maximum atomic E-state index is 14.5. The molecule has 0 fully saturated rings. The van der Waals surface area contributed by atoms with Crippen molar-refractivity contribution in [1.82, 2.24) is 9.97 Å². The number of hydrogen-bond donors (Lipinski definition) is 1. The average Bonchev–Trinajstić information content (AvgIpc) is 2.68. The van der Waals surface area contributed by atoms with E-state index in [2.05, 4.69) is 15.0 Å². The van der Waals surface area contributed by atoms with E-state index >= 15 is 0 Å². The second-order valence-corrected chi connectivity index (χ2v) is 7.90. The molecule has 2 heterocycles. The Labute approximate surface area is 167 Å². The molecule has 0 bridgehead atoms. The molecule has 0 radical (unpaired) electrons. The van der Waals surface area contributed by atoms with E-state index in [1.54, 1.807) is 12.1 Å². The molecule has 1 aliphatic rings. The number of halogens is 1. The van der Waals surface area contributed by atoms with Gasteiger partial charge in [0.15, 0.2) is 11.0 Å². The Bertz CT molecular complexity index is 954. The lowest BCUT2D eigenvalue weighted by Crippen LogP contribution is -2.29. The number of nitrogens with zero attached hydrogens (tertiary/aromatic N) is 4. The number of nitriles is 1. The maximum absolute atomic E-state index is 14.5. The molecule has 28 heavy (non-hydrogen) atoms. The van der Waals surface area contributed by atoms with Gasteiger partial charge in [0.25, 0.3) is 0 Å². The molecule has 6 nitrogen and oxygen atoms in total. The van der Waals surface area contributed by atoms with E-state index in [9.17, 15) is 9.18 Å². The van der Waals surface area contributed by atoms with Gasteiger partial charge in [-0.25, -0.2) is 9.37 Å². The number of aryl methyl sites for hydroxylation is 1. The van der Waals surface area contributed by atoms with Gasteiger partial charge in [0.2, 0.25) is 0 Å². The predicted octanol–water partition coefficient (Wildman–Crippen LogP) is 3.16. The molecular weight excluding hydrogens is 377 g/mol. The quantitative estimate of drug-likeness (QED) is 0.751. The highest BCUT2D eigenvalue weighted by Gasteiger charge is 2.32. The summed E-state index contributed by atoms with van der Waals surface area (Å²) in [5.41, 5.74) is 7.14. The van der Waals surface area contributed by atoms with Crippen molar-refractivity contribution in [2.75, 3.05) is 5.75 Å². The number of Topliss-reactive ketones (excluding diaryl/α,β-unsaturated/α-hetero) is 1. The minimum atomic E-state index is -0.735. The van der Waals surface area contributed by atoms with Crippen LogP contribution in [0.2, 0.25) is 0 Å². The highest BCUT2D eigenvalue weighted by atomic mass is 32.2. The molecule has 144 valence electrons. The van der Waals surface area contributed by atoms with Crippen molar-refractivity contribution in [3.8, 4) is 6.07 Å². The minimum Gasteiger partial charge on any atom is -0.379 e. The monoisotopic (exact) mass is 397 g/mol. The molecule has 1 aromatic heterocycles. The van der Waals surface area contributed by atoms with Gasteiger partial charge in [-0.1, -0.05) is 17.8 Å². The van der Waals surface area contributed by atoms with Gasteiger partial charge in [0.1, 0.15) is 11.5 Å². The van der Waals surface area contributed by atoms with Gasteiger partial charge in [0.05, 0.1) is 23.5 Å². The van der Waals surface area contributed by atoms with Gasteiger partial charge in [-0.15, -0.1) is 0 Å². The fraction of sp³-hybridized carbons (Fsp3) is 0.350. The summed E-state index contributed by atoms with van der Waals surface area (Å²) < 4.78 is 14.5. The van der Waals surface area contributed by atoms with E-state index in [-0.39, 0.29) is 23.7 Å². The second-order valence-electron chi connectivity index (χ2n) is 6.79. The number of carbonyl (C=O) groups is 1. The van der Waals surface area contributed by atoms with Crippen LogP contribution in [-0.2, 0) is 18.4 Å². The van der Waals surface area contributed by atoms with Gasteiger partial charge >= 0.3 is 0 Å². The van der Waals surface area contributed by atoms with Crippen molar-refractivity contribution >= 4 is 22.7 Å². The van der Waals surface area contributed by atoms with E-state index in [0.29, 0.717) is 41.3 Å².